The van der Waals surface area contributed by atoms with Crippen LogP contribution in [0.1, 0.15) is 44.6 Å². The lowest BCUT2D eigenvalue weighted by Crippen LogP contribution is -2.37. The van der Waals surface area contributed by atoms with Crippen molar-refractivity contribution in [3.63, 3.8) is 0 Å². The van der Waals surface area contributed by atoms with Gasteiger partial charge in [0.2, 0.25) is 11.9 Å². The van der Waals surface area contributed by atoms with Gasteiger partial charge in [-0.15, -0.1) is 0 Å². The normalized spacial score (nSPS) is 21.9. The lowest BCUT2D eigenvalue weighted by atomic mass is 9.86. The summed E-state index contributed by atoms with van der Waals surface area (Å²) in [6.07, 6.45) is 8.19. The number of hydrogen-bond acceptors (Lipinski definition) is 7. The first-order valence-electron chi connectivity index (χ1n) is 11.9. The fourth-order valence-electron chi connectivity index (χ4n) is 5.06. The summed E-state index contributed by atoms with van der Waals surface area (Å²) in [5, 5.41) is 4.17. The van der Waals surface area contributed by atoms with E-state index in [2.05, 4.69) is 26.8 Å². The van der Waals surface area contributed by atoms with Crippen molar-refractivity contribution in [1.82, 2.24) is 19.5 Å². The maximum atomic E-state index is 6.22. The van der Waals surface area contributed by atoms with Crippen molar-refractivity contribution in [2.24, 2.45) is 11.7 Å². The van der Waals surface area contributed by atoms with Gasteiger partial charge in [0.05, 0.1) is 6.20 Å². The zero-order valence-corrected chi connectivity index (χ0v) is 19.8. The molecule has 1 saturated carbocycles. The van der Waals surface area contributed by atoms with Crippen molar-refractivity contribution in [3.05, 3.63) is 35.5 Å². The first-order chi connectivity index (χ1) is 16.1. The summed E-state index contributed by atoms with van der Waals surface area (Å²) < 4.78 is 7.80. The van der Waals surface area contributed by atoms with E-state index in [4.69, 9.17) is 32.0 Å². The number of benzene rings is 1. The summed E-state index contributed by atoms with van der Waals surface area (Å²) >= 11 is 6.22. The minimum absolute atomic E-state index is 0.315. The highest BCUT2D eigenvalue weighted by atomic mass is 35.5. The van der Waals surface area contributed by atoms with E-state index in [1.54, 1.807) is 0 Å². The monoisotopic (exact) mass is 469 g/mol. The topological polar surface area (TPSA) is 94.1 Å². The fourth-order valence-corrected chi connectivity index (χ4v) is 5.25. The van der Waals surface area contributed by atoms with E-state index in [1.165, 1.54) is 0 Å². The molecule has 0 bridgehead atoms. The molecule has 0 unspecified atom stereocenters. The maximum Gasteiger partial charge on any atom is 0.227 e. The second-order valence-corrected chi connectivity index (χ2v) is 9.62. The number of nitrogens with zero attached hydrogens (tertiary/aromatic N) is 5. The van der Waals surface area contributed by atoms with E-state index in [9.17, 15) is 0 Å². The number of halogens is 1. The van der Waals surface area contributed by atoms with Crippen LogP contribution in [0.5, 0.6) is 0 Å². The smallest absolute Gasteiger partial charge is 0.227 e. The molecule has 3 aromatic rings. The van der Waals surface area contributed by atoms with Crippen LogP contribution in [0.3, 0.4) is 0 Å². The molecule has 3 N–H and O–H groups in total. The zero-order chi connectivity index (χ0) is 22.8. The first kappa shape index (κ1) is 22.4. The molecule has 1 aliphatic heterocycles. The molecular formula is C24H32ClN7O. The minimum Gasteiger partial charge on any atom is -0.381 e. The fraction of sp³-hybridized carbons (Fsp3) is 0.542. The molecule has 1 aromatic carbocycles. The average Bonchev–Trinajstić information content (AvgIpc) is 3.21. The molecule has 0 radical (unpaired) electrons. The van der Waals surface area contributed by atoms with Crippen molar-refractivity contribution < 1.29 is 4.74 Å². The SMILES string of the molecule is CN(c1ncc2nc(Nc3cccc(Cl)c3)n(C3CCC(CN)CC3)c2n1)C1CCOCC1. The van der Waals surface area contributed by atoms with E-state index in [-0.39, 0.29) is 0 Å². The van der Waals surface area contributed by atoms with Crippen molar-refractivity contribution in [2.45, 2.75) is 50.6 Å². The van der Waals surface area contributed by atoms with E-state index < -0.39 is 0 Å². The molecule has 176 valence electrons. The number of ether oxygens (including phenoxy) is 1. The number of hydrogen-bond donors (Lipinski definition) is 2. The quantitative estimate of drug-likeness (QED) is 0.547. The number of nitrogens with one attached hydrogen (secondary N) is 1. The Kier molecular flexibility index (Phi) is 6.66. The largest absolute Gasteiger partial charge is 0.381 e. The van der Waals surface area contributed by atoms with Gasteiger partial charge in [-0.25, -0.2) is 9.97 Å². The van der Waals surface area contributed by atoms with Gasteiger partial charge in [-0.3, -0.25) is 4.57 Å². The van der Waals surface area contributed by atoms with Gasteiger partial charge in [0, 0.05) is 43.1 Å². The van der Waals surface area contributed by atoms with Crippen LogP contribution in [-0.2, 0) is 4.74 Å². The number of aromatic nitrogens is 4. The van der Waals surface area contributed by atoms with E-state index in [0.717, 1.165) is 87.0 Å². The number of anilines is 3. The molecule has 0 spiro atoms. The van der Waals surface area contributed by atoms with Crippen LogP contribution in [0.4, 0.5) is 17.6 Å². The number of rotatable bonds is 6. The highest BCUT2D eigenvalue weighted by Crippen LogP contribution is 2.37. The molecule has 33 heavy (non-hydrogen) atoms. The first-order valence-corrected chi connectivity index (χ1v) is 12.3. The summed E-state index contributed by atoms with van der Waals surface area (Å²) in [5.74, 6) is 2.12. The van der Waals surface area contributed by atoms with Gasteiger partial charge >= 0.3 is 0 Å². The Balaban J connectivity index is 1.52. The number of imidazole rings is 1. The molecule has 5 rings (SSSR count). The molecular weight excluding hydrogens is 438 g/mol. The predicted molar refractivity (Wildman–Crippen MR) is 132 cm³/mol. The standard InChI is InChI=1S/C24H32ClN7O/c1-31(19-9-11-33-12-10-19)23-27-15-21-22(30-23)32(20-7-5-16(14-26)6-8-20)24(29-21)28-18-4-2-3-17(25)13-18/h2-4,13,15-16,19-20H,5-12,14,26H2,1H3,(H,28,29). The molecule has 2 fully saturated rings. The van der Waals surface area contributed by atoms with Crippen LogP contribution in [-0.4, -0.2) is 52.4 Å². The molecule has 9 heteroatoms. The van der Waals surface area contributed by atoms with Crippen LogP contribution in [0.25, 0.3) is 11.2 Å². The van der Waals surface area contributed by atoms with Gasteiger partial charge in [0.15, 0.2) is 5.65 Å². The molecule has 3 heterocycles. The summed E-state index contributed by atoms with van der Waals surface area (Å²) in [4.78, 5) is 16.8. The highest BCUT2D eigenvalue weighted by molar-refractivity contribution is 6.30. The van der Waals surface area contributed by atoms with Crippen LogP contribution in [0, 0.1) is 5.92 Å². The molecule has 2 aliphatic rings. The maximum absolute atomic E-state index is 6.22. The van der Waals surface area contributed by atoms with Crippen LogP contribution >= 0.6 is 11.6 Å². The zero-order valence-electron chi connectivity index (χ0n) is 19.1. The Hall–Kier alpha value is -2.42. The van der Waals surface area contributed by atoms with Crippen molar-refractivity contribution in [3.8, 4) is 0 Å². The third kappa shape index (κ3) is 4.78. The summed E-state index contributed by atoms with van der Waals surface area (Å²) in [5.41, 5.74) is 8.52. The second-order valence-electron chi connectivity index (χ2n) is 9.18. The second kappa shape index (κ2) is 9.83. The Morgan fingerprint density at radius 2 is 1.94 bits per heavy atom. The predicted octanol–water partition coefficient (Wildman–Crippen LogP) is 4.53. The van der Waals surface area contributed by atoms with Crippen LogP contribution in [0.2, 0.25) is 5.02 Å². The van der Waals surface area contributed by atoms with Crippen LogP contribution in [0.15, 0.2) is 30.5 Å². The lowest BCUT2D eigenvalue weighted by molar-refractivity contribution is 0.0852. The van der Waals surface area contributed by atoms with Gasteiger partial charge in [0.25, 0.3) is 0 Å². The van der Waals surface area contributed by atoms with Gasteiger partial charge in [0.1, 0.15) is 5.52 Å². The molecule has 0 amide bonds. The Bertz CT molecular complexity index is 1090. The molecule has 2 aromatic heterocycles. The van der Waals surface area contributed by atoms with Crippen molar-refractivity contribution >= 4 is 40.3 Å². The van der Waals surface area contributed by atoms with E-state index >= 15 is 0 Å². The Labute approximate surface area is 199 Å². The third-order valence-corrected chi connectivity index (χ3v) is 7.30. The van der Waals surface area contributed by atoms with Crippen molar-refractivity contribution in [1.29, 1.82) is 0 Å². The molecule has 1 aliphatic carbocycles. The number of fused-ring (bicyclic) bond motifs is 1. The van der Waals surface area contributed by atoms with Gasteiger partial charge in [-0.1, -0.05) is 17.7 Å². The van der Waals surface area contributed by atoms with E-state index in [0.29, 0.717) is 23.0 Å². The average molecular weight is 470 g/mol. The Morgan fingerprint density at radius 3 is 2.67 bits per heavy atom. The molecule has 0 atom stereocenters. The van der Waals surface area contributed by atoms with Crippen LogP contribution < -0.4 is 16.0 Å². The lowest BCUT2D eigenvalue weighted by Gasteiger charge is -2.31. The van der Waals surface area contributed by atoms with Gasteiger partial charge in [-0.05, 0) is 69.2 Å². The van der Waals surface area contributed by atoms with E-state index in [1.807, 2.05) is 30.5 Å². The third-order valence-electron chi connectivity index (χ3n) is 7.07. The number of nitrogens with two attached hydrogens (primary N) is 1. The van der Waals surface area contributed by atoms with Crippen molar-refractivity contribution in [2.75, 3.05) is 37.0 Å². The highest BCUT2D eigenvalue weighted by Gasteiger charge is 2.27. The molecule has 8 nitrogen and oxygen atoms in total. The molecule has 1 saturated heterocycles. The summed E-state index contributed by atoms with van der Waals surface area (Å²) in [6.45, 7) is 2.33. The minimum atomic E-state index is 0.315. The van der Waals surface area contributed by atoms with Gasteiger partial charge < -0.3 is 20.7 Å². The van der Waals surface area contributed by atoms with Gasteiger partial charge in [-0.2, -0.15) is 4.98 Å². The Morgan fingerprint density at radius 1 is 1.15 bits per heavy atom. The summed E-state index contributed by atoms with van der Waals surface area (Å²) in [6, 6.07) is 8.41. The summed E-state index contributed by atoms with van der Waals surface area (Å²) in [7, 11) is 2.08.